The Morgan fingerprint density at radius 3 is 2.04 bits per heavy atom. The fraction of sp³-hybridized carbons (Fsp3) is 0.136. The molecule has 0 radical (unpaired) electrons. The summed E-state index contributed by atoms with van der Waals surface area (Å²) in [5.74, 6) is 0.309. The van der Waals surface area contributed by atoms with E-state index in [0.29, 0.717) is 18.7 Å². The Labute approximate surface area is 164 Å². The minimum atomic E-state index is -3.95. The molecule has 0 spiro atoms. The second kappa shape index (κ2) is 7.48. The molecule has 3 aromatic rings. The summed E-state index contributed by atoms with van der Waals surface area (Å²) < 4.78 is 30.4. The number of nitrogens with zero attached hydrogens (tertiary/aromatic N) is 1. The number of carbonyl (C=O) groups excluding carboxylic acids is 1. The van der Waals surface area contributed by atoms with Crippen LogP contribution in [0.4, 0.5) is 5.69 Å². The average Bonchev–Trinajstić information content (AvgIpc) is 3.15. The summed E-state index contributed by atoms with van der Waals surface area (Å²) in [6, 6.07) is 22.9. The highest BCUT2D eigenvalue weighted by molar-refractivity contribution is 7.87. The highest BCUT2D eigenvalue weighted by Gasteiger charge is 2.23. The van der Waals surface area contributed by atoms with Gasteiger partial charge < -0.3 is 9.08 Å². The van der Waals surface area contributed by atoms with Gasteiger partial charge >= 0.3 is 10.1 Å². The molecule has 1 heterocycles. The van der Waals surface area contributed by atoms with Gasteiger partial charge in [-0.1, -0.05) is 42.5 Å². The van der Waals surface area contributed by atoms with Gasteiger partial charge in [0.15, 0.2) is 0 Å². The molecule has 0 bridgehead atoms. The van der Waals surface area contributed by atoms with Crippen LogP contribution in [0.5, 0.6) is 5.75 Å². The van der Waals surface area contributed by atoms with Crippen LogP contribution in [0.1, 0.15) is 12.8 Å². The molecule has 0 aliphatic carbocycles. The monoisotopic (exact) mass is 393 g/mol. The van der Waals surface area contributed by atoms with Crippen molar-refractivity contribution >= 4 is 21.7 Å². The molecule has 1 saturated heterocycles. The van der Waals surface area contributed by atoms with Crippen molar-refractivity contribution in [3.63, 3.8) is 0 Å². The lowest BCUT2D eigenvalue weighted by molar-refractivity contribution is -0.117. The van der Waals surface area contributed by atoms with E-state index in [-0.39, 0.29) is 16.6 Å². The summed E-state index contributed by atoms with van der Waals surface area (Å²) in [7, 11) is -3.95. The first-order valence-electron chi connectivity index (χ1n) is 9.03. The molecule has 28 heavy (non-hydrogen) atoms. The summed E-state index contributed by atoms with van der Waals surface area (Å²) in [5.41, 5.74) is 2.72. The number of hydrogen-bond donors (Lipinski definition) is 0. The van der Waals surface area contributed by atoms with E-state index in [4.69, 9.17) is 4.18 Å². The predicted octanol–water partition coefficient (Wildman–Crippen LogP) is 4.25. The summed E-state index contributed by atoms with van der Waals surface area (Å²) in [6.45, 7) is 0.662. The van der Waals surface area contributed by atoms with Crippen LogP contribution in [-0.2, 0) is 14.9 Å². The fourth-order valence-electron chi connectivity index (χ4n) is 3.22. The van der Waals surface area contributed by atoms with Crippen LogP contribution in [0.2, 0.25) is 0 Å². The molecule has 1 aliphatic heterocycles. The first-order chi connectivity index (χ1) is 13.5. The Morgan fingerprint density at radius 2 is 1.43 bits per heavy atom. The van der Waals surface area contributed by atoms with Crippen molar-refractivity contribution in [3.8, 4) is 16.9 Å². The third-order valence-corrected chi connectivity index (χ3v) is 5.94. The van der Waals surface area contributed by atoms with Gasteiger partial charge in [-0.3, -0.25) is 4.79 Å². The molecule has 0 aromatic heterocycles. The third kappa shape index (κ3) is 3.77. The number of anilines is 1. The van der Waals surface area contributed by atoms with Crippen molar-refractivity contribution in [2.45, 2.75) is 17.7 Å². The predicted molar refractivity (Wildman–Crippen MR) is 108 cm³/mol. The highest BCUT2D eigenvalue weighted by atomic mass is 32.2. The van der Waals surface area contributed by atoms with Gasteiger partial charge in [0.05, 0.1) is 0 Å². The molecule has 0 saturated carbocycles. The van der Waals surface area contributed by atoms with Crippen molar-refractivity contribution in [2.24, 2.45) is 0 Å². The molecule has 142 valence electrons. The zero-order chi connectivity index (χ0) is 19.6. The van der Waals surface area contributed by atoms with Crippen LogP contribution >= 0.6 is 0 Å². The second-order valence-electron chi connectivity index (χ2n) is 6.57. The molecule has 1 fully saturated rings. The van der Waals surface area contributed by atoms with Crippen LogP contribution in [0.15, 0.2) is 83.8 Å². The van der Waals surface area contributed by atoms with Crippen LogP contribution in [-0.4, -0.2) is 20.9 Å². The van der Waals surface area contributed by atoms with Gasteiger partial charge in [-0.2, -0.15) is 8.42 Å². The summed E-state index contributed by atoms with van der Waals surface area (Å²) >= 11 is 0. The lowest BCUT2D eigenvalue weighted by Gasteiger charge is -2.16. The zero-order valence-corrected chi connectivity index (χ0v) is 15.9. The molecule has 1 amide bonds. The number of benzene rings is 3. The standard InChI is InChI=1S/C22H19NO4S/c24-22-7-4-16-23(22)19-10-14-21(15-11-19)28(25,26)27-20-12-8-18(9-13-20)17-5-2-1-3-6-17/h1-3,5-6,8-15H,4,7,16H2. The molecule has 0 atom stereocenters. The van der Waals surface area contributed by atoms with E-state index >= 15 is 0 Å². The van der Waals surface area contributed by atoms with Crippen LogP contribution < -0.4 is 9.08 Å². The van der Waals surface area contributed by atoms with E-state index in [0.717, 1.165) is 17.5 Å². The normalized spacial score (nSPS) is 14.3. The van der Waals surface area contributed by atoms with Gasteiger partial charge in [0, 0.05) is 18.7 Å². The van der Waals surface area contributed by atoms with Gasteiger partial charge in [-0.25, -0.2) is 0 Å². The van der Waals surface area contributed by atoms with Crippen molar-refractivity contribution in [1.29, 1.82) is 0 Å². The molecule has 4 rings (SSSR count). The van der Waals surface area contributed by atoms with Gasteiger partial charge in [0.1, 0.15) is 10.6 Å². The minimum Gasteiger partial charge on any atom is -0.379 e. The Kier molecular flexibility index (Phi) is 4.88. The average molecular weight is 393 g/mol. The molecule has 3 aromatic carbocycles. The van der Waals surface area contributed by atoms with Crippen molar-refractivity contribution in [1.82, 2.24) is 0 Å². The third-order valence-electron chi connectivity index (χ3n) is 4.68. The number of amides is 1. The molecule has 6 heteroatoms. The van der Waals surface area contributed by atoms with Gasteiger partial charge in [0.25, 0.3) is 0 Å². The number of rotatable bonds is 5. The van der Waals surface area contributed by atoms with Crippen molar-refractivity contribution in [3.05, 3.63) is 78.9 Å². The van der Waals surface area contributed by atoms with Gasteiger partial charge in [-0.15, -0.1) is 0 Å². The van der Waals surface area contributed by atoms with Crippen LogP contribution in [0.3, 0.4) is 0 Å². The second-order valence-corrected chi connectivity index (χ2v) is 8.12. The summed E-state index contributed by atoms with van der Waals surface area (Å²) in [5, 5.41) is 0. The Balaban J connectivity index is 1.50. The SMILES string of the molecule is O=C1CCCN1c1ccc(S(=O)(=O)Oc2ccc(-c3ccccc3)cc2)cc1. The first-order valence-corrected chi connectivity index (χ1v) is 10.4. The number of hydrogen-bond acceptors (Lipinski definition) is 4. The maximum absolute atomic E-state index is 12.6. The Bertz CT molecular complexity index is 1080. The minimum absolute atomic E-state index is 0.0510. The molecular formula is C22H19NO4S. The Morgan fingerprint density at radius 1 is 0.786 bits per heavy atom. The Hall–Kier alpha value is -3.12. The molecule has 1 aliphatic rings. The first kappa shape index (κ1) is 18.3. The van der Waals surface area contributed by atoms with Gasteiger partial charge in [0.2, 0.25) is 5.91 Å². The van der Waals surface area contributed by atoms with E-state index in [2.05, 4.69) is 0 Å². The van der Waals surface area contributed by atoms with E-state index in [1.54, 1.807) is 29.2 Å². The largest absolute Gasteiger partial charge is 0.379 e. The maximum atomic E-state index is 12.6. The molecule has 0 N–H and O–H groups in total. The topological polar surface area (TPSA) is 63.7 Å². The summed E-state index contributed by atoms with van der Waals surface area (Å²) in [4.78, 5) is 13.5. The molecule has 5 nitrogen and oxygen atoms in total. The molecule has 0 unspecified atom stereocenters. The lowest BCUT2D eigenvalue weighted by Crippen LogP contribution is -2.23. The maximum Gasteiger partial charge on any atom is 0.339 e. The smallest absolute Gasteiger partial charge is 0.339 e. The quantitative estimate of drug-likeness (QED) is 0.608. The highest BCUT2D eigenvalue weighted by Crippen LogP contribution is 2.26. The fourth-order valence-corrected chi connectivity index (χ4v) is 4.15. The van der Waals surface area contributed by atoms with Crippen molar-refractivity contribution < 1.29 is 17.4 Å². The molecular weight excluding hydrogens is 374 g/mol. The van der Waals surface area contributed by atoms with E-state index in [1.807, 2.05) is 42.5 Å². The van der Waals surface area contributed by atoms with Crippen LogP contribution in [0.25, 0.3) is 11.1 Å². The van der Waals surface area contributed by atoms with Crippen molar-refractivity contribution in [2.75, 3.05) is 11.4 Å². The van der Waals surface area contributed by atoms with Gasteiger partial charge in [-0.05, 0) is 53.9 Å². The number of carbonyl (C=O) groups is 1. The van der Waals surface area contributed by atoms with E-state index < -0.39 is 10.1 Å². The lowest BCUT2D eigenvalue weighted by atomic mass is 10.1. The summed E-state index contributed by atoms with van der Waals surface area (Å²) in [6.07, 6.45) is 1.35. The van der Waals surface area contributed by atoms with E-state index in [1.165, 1.54) is 12.1 Å². The van der Waals surface area contributed by atoms with E-state index in [9.17, 15) is 13.2 Å². The van der Waals surface area contributed by atoms with Crippen LogP contribution in [0, 0.1) is 0 Å². The zero-order valence-electron chi connectivity index (χ0n) is 15.1.